The Labute approximate surface area is 179 Å². The number of carbonyl (C=O) groups is 2. The van der Waals surface area contributed by atoms with Gasteiger partial charge in [0.25, 0.3) is 0 Å². The number of ether oxygens (including phenoxy) is 1. The highest BCUT2D eigenvalue weighted by Gasteiger charge is 2.44. The molecule has 1 heterocycles. The van der Waals surface area contributed by atoms with Crippen molar-refractivity contribution < 1.29 is 14.3 Å². The van der Waals surface area contributed by atoms with Crippen LogP contribution < -0.4 is 10.6 Å². The van der Waals surface area contributed by atoms with Crippen LogP contribution in [0.5, 0.6) is 0 Å². The third kappa shape index (κ3) is 3.38. The Balaban J connectivity index is 1.92. The summed E-state index contributed by atoms with van der Waals surface area (Å²) >= 11 is 12.8. The van der Waals surface area contributed by atoms with Gasteiger partial charge in [-0.3, -0.25) is 9.59 Å². The molecule has 0 amide bonds. The molecule has 0 unspecified atom stereocenters. The van der Waals surface area contributed by atoms with Gasteiger partial charge in [0.05, 0.1) is 34.6 Å². The van der Waals surface area contributed by atoms with Crippen molar-refractivity contribution in [3.63, 3.8) is 0 Å². The molecule has 150 valence electrons. The summed E-state index contributed by atoms with van der Waals surface area (Å²) in [5.74, 6) is -1.84. The molecule has 3 atom stereocenters. The zero-order valence-corrected chi connectivity index (χ0v) is 17.5. The van der Waals surface area contributed by atoms with E-state index < -0.39 is 17.9 Å². The zero-order chi connectivity index (χ0) is 20.7. The fraction of sp³-hybridized carbons (Fsp3) is 0.273. The topological polar surface area (TPSA) is 67.4 Å². The Morgan fingerprint density at radius 3 is 2.55 bits per heavy atom. The van der Waals surface area contributed by atoms with Gasteiger partial charge in [0, 0.05) is 11.3 Å². The highest BCUT2D eigenvalue weighted by molar-refractivity contribution is 6.42. The summed E-state index contributed by atoms with van der Waals surface area (Å²) in [6.07, 6.45) is 0.533. The fourth-order valence-electron chi connectivity index (χ4n) is 4.11. The number of fused-ring (bicyclic) bond motifs is 1. The van der Waals surface area contributed by atoms with Crippen molar-refractivity contribution in [2.24, 2.45) is 11.8 Å². The summed E-state index contributed by atoms with van der Waals surface area (Å²) in [5.41, 5.74) is 3.63. The molecule has 2 aliphatic rings. The summed E-state index contributed by atoms with van der Waals surface area (Å²) in [7, 11) is 1.30. The molecule has 0 radical (unpaired) electrons. The molecule has 7 heteroatoms. The zero-order valence-electron chi connectivity index (χ0n) is 16.0. The Kier molecular flexibility index (Phi) is 5.28. The van der Waals surface area contributed by atoms with Crippen molar-refractivity contribution in [1.29, 1.82) is 0 Å². The molecule has 0 saturated carbocycles. The van der Waals surface area contributed by atoms with Crippen LogP contribution in [0.15, 0.2) is 53.7 Å². The minimum Gasteiger partial charge on any atom is -0.468 e. The van der Waals surface area contributed by atoms with Crippen LogP contribution in [-0.4, -0.2) is 18.9 Å². The first-order valence-corrected chi connectivity index (χ1v) is 10.1. The monoisotopic (exact) mass is 430 g/mol. The number of nitrogens with one attached hydrogen (secondary N) is 2. The highest BCUT2D eigenvalue weighted by Crippen LogP contribution is 2.45. The van der Waals surface area contributed by atoms with Crippen LogP contribution in [0, 0.1) is 11.8 Å². The molecule has 0 aromatic heterocycles. The lowest BCUT2D eigenvalue weighted by molar-refractivity contribution is -0.151. The van der Waals surface area contributed by atoms with E-state index in [4.69, 9.17) is 27.9 Å². The minimum absolute atomic E-state index is 0.193. The van der Waals surface area contributed by atoms with Gasteiger partial charge in [0.2, 0.25) is 0 Å². The molecule has 5 nitrogen and oxygen atoms in total. The van der Waals surface area contributed by atoms with Crippen LogP contribution >= 0.6 is 23.2 Å². The number of rotatable bonds is 2. The second kappa shape index (κ2) is 7.73. The number of anilines is 2. The minimum atomic E-state index is -0.857. The second-order valence-corrected chi connectivity index (χ2v) is 8.11. The fourth-order valence-corrected chi connectivity index (χ4v) is 4.53. The van der Waals surface area contributed by atoms with Gasteiger partial charge in [-0.25, -0.2) is 0 Å². The van der Waals surface area contributed by atoms with Crippen LogP contribution in [-0.2, 0) is 14.3 Å². The standard InChI is InChI=1S/C22H20Cl2N2O3/c1-11-10-16-18(21(27)17(11)22(28)29-2)20(12-6-5-7-13(23)19(12)24)26-15-9-4-3-8-14(15)25-16/h3-9,11,17,20,25-26H,10H2,1-2H3/t11-,17+,20+/m0/s1. The van der Waals surface area contributed by atoms with Crippen LogP contribution in [0.4, 0.5) is 11.4 Å². The van der Waals surface area contributed by atoms with Gasteiger partial charge in [0.1, 0.15) is 5.92 Å². The van der Waals surface area contributed by atoms with Crippen LogP contribution in [0.25, 0.3) is 0 Å². The summed E-state index contributed by atoms with van der Waals surface area (Å²) in [5, 5.41) is 7.61. The maximum absolute atomic E-state index is 13.5. The van der Waals surface area contributed by atoms with Crippen molar-refractivity contribution in [1.82, 2.24) is 0 Å². The van der Waals surface area contributed by atoms with E-state index >= 15 is 0 Å². The number of halogens is 2. The molecular formula is C22H20Cl2N2O3. The smallest absolute Gasteiger partial charge is 0.316 e. The molecular weight excluding hydrogens is 411 g/mol. The molecule has 2 N–H and O–H groups in total. The number of carbonyl (C=O) groups excluding carboxylic acids is 2. The van der Waals surface area contributed by atoms with Gasteiger partial charge in [0.15, 0.2) is 5.78 Å². The largest absolute Gasteiger partial charge is 0.468 e. The number of benzene rings is 2. The van der Waals surface area contributed by atoms with Crippen molar-refractivity contribution in [3.05, 3.63) is 69.3 Å². The third-order valence-electron chi connectivity index (χ3n) is 5.52. The molecule has 0 spiro atoms. The molecule has 0 fully saturated rings. The highest BCUT2D eigenvalue weighted by atomic mass is 35.5. The number of allylic oxidation sites excluding steroid dienone is 1. The molecule has 0 bridgehead atoms. The van der Waals surface area contributed by atoms with Gasteiger partial charge >= 0.3 is 5.97 Å². The van der Waals surface area contributed by atoms with E-state index in [9.17, 15) is 9.59 Å². The first-order chi connectivity index (χ1) is 13.9. The van der Waals surface area contributed by atoms with Gasteiger partial charge in [-0.15, -0.1) is 0 Å². The molecule has 1 aliphatic heterocycles. The van der Waals surface area contributed by atoms with E-state index in [1.165, 1.54) is 7.11 Å². The Hall–Kier alpha value is -2.50. The second-order valence-electron chi connectivity index (χ2n) is 7.33. The maximum Gasteiger partial charge on any atom is 0.316 e. The third-order valence-corrected chi connectivity index (χ3v) is 6.35. The molecule has 1 aliphatic carbocycles. The number of esters is 1. The lowest BCUT2D eigenvalue weighted by Gasteiger charge is -2.32. The first kappa shape index (κ1) is 19.8. The number of methoxy groups -OCH3 is 1. The van der Waals surface area contributed by atoms with Crippen molar-refractivity contribution in [3.8, 4) is 0 Å². The normalized spacial score (nSPS) is 23.3. The molecule has 29 heavy (non-hydrogen) atoms. The lowest BCUT2D eigenvalue weighted by Crippen LogP contribution is -2.39. The van der Waals surface area contributed by atoms with Crippen LogP contribution in [0.2, 0.25) is 10.0 Å². The Morgan fingerprint density at radius 2 is 1.83 bits per heavy atom. The molecule has 2 aromatic rings. The SMILES string of the molecule is COC(=O)[C@H]1C(=O)C2=C(C[C@@H]1C)Nc1ccccc1N[C@@H]2c1cccc(Cl)c1Cl. The van der Waals surface area contributed by atoms with Crippen molar-refractivity contribution in [2.75, 3.05) is 17.7 Å². The van der Waals surface area contributed by atoms with E-state index in [0.717, 1.165) is 17.1 Å². The van der Waals surface area contributed by atoms with Gasteiger partial charge in [-0.05, 0) is 36.1 Å². The summed E-state index contributed by atoms with van der Waals surface area (Å²) in [6.45, 7) is 1.89. The van der Waals surface area contributed by atoms with E-state index in [0.29, 0.717) is 27.6 Å². The summed E-state index contributed by atoms with van der Waals surface area (Å²) in [4.78, 5) is 25.9. The first-order valence-electron chi connectivity index (χ1n) is 9.34. The van der Waals surface area contributed by atoms with E-state index in [1.807, 2.05) is 37.3 Å². The number of para-hydroxylation sites is 2. The van der Waals surface area contributed by atoms with Gasteiger partial charge in [-0.2, -0.15) is 0 Å². The average Bonchev–Trinajstić information content (AvgIpc) is 2.86. The lowest BCUT2D eigenvalue weighted by atomic mass is 9.75. The average molecular weight is 431 g/mol. The summed E-state index contributed by atoms with van der Waals surface area (Å²) < 4.78 is 4.92. The quantitative estimate of drug-likeness (QED) is 0.504. The number of ketones is 1. The van der Waals surface area contributed by atoms with Gasteiger partial charge < -0.3 is 15.4 Å². The molecule has 4 rings (SSSR count). The predicted octanol–water partition coefficient (Wildman–Crippen LogP) is 5.22. The molecule has 2 aromatic carbocycles. The van der Waals surface area contributed by atoms with Crippen LogP contribution in [0.1, 0.15) is 24.9 Å². The van der Waals surface area contributed by atoms with Crippen molar-refractivity contribution in [2.45, 2.75) is 19.4 Å². The van der Waals surface area contributed by atoms with Crippen LogP contribution in [0.3, 0.4) is 0 Å². The molecule has 0 saturated heterocycles. The Bertz CT molecular complexity index is 1030. The Morgan fingerprint density at radius 1 is 1.10 bits per heavy atom. The van der Waals surface area contributed by atoms with E-state index in [1.54, 1.807) is 12.1 Å². The number of hydrogen-bond donors (Lipinski definition) is 2. The summed E-state index contributed by atoms with van der Waals surface area (Å²) in [6, 6.07) is 12.5. The van der Waals surface area contributed by atoms with E-state index in [-0.39, 0.29) is 11.7 Å². The number of hydrogen-bond acceptors (Lipinski definition) is 5. The van der Waals surface area contributed by atoms with E-state index in [2.05, 4.69) is 10.6 Å². The number of Topliss-reactive ketones (excluding diaryl/α,β-unsaturated/α-hetero) is 1. The van der Waals surface area contributed by atoms with Crippen molar-refractivity contribution >= 4 is 46.3 Å². The predicted molar refractivity (Wildman–Crippen MR) is 114 cm³/mol. The van der Waals surface area contributed by atoms with Gasteiger partial charge in [-0.1, -0.05) is 54.4 Å². The maximum atomic E-state index is 13.5.